The summed E-state index contributed by atoms with van der Waals surface area (Å²) in [6.45, 7) is 3.77. The lowest BCUT2D eigenvalue weighted by Gasteiger charge is -2.20. The normalized spacial score (nSPS) is 11.1. The molecule has 0 aliphatic carbocycles. The number of aromatic nitrogens is 2. The molecule has 3 aromatic rings. The highest BCUT2D eigenvalue weighted by Crippen LogP contribution is 2.25. The number of hydrogen-bond donors (Lipinski definition) is 1. The molecular formula is C25H24N4O2. The van der Waals surface area contributed by atoms with Gasteiger partial charge in [0.1, 0.15) is 5.69 Å². The number of allylic oxidation sites excluding steroid dienone is 1. The van der Waals surface area contributed by atoms with E-state index in [0.29, 0.717) is 40.1 Å². The summed E-state index contributed by atoms with van der Waals surface area (Å²) >= 11 is 0. The molecule has 0 radical (unpaired) electrons. The van der Waals surface area contributed by atoms with Crippen molar-refractivity contribution in [3.05, 3.63) is 92.7 Å². The quantitative estimate of drug-likeness (QED) is 0.488. The third-order valence-electron chi connectivity index (χ3n) is 5.09. The molecule has 6 heteroatoms. The molecule has 0 atom stereocenters. The molecular weight excluding hydrogens is 388 g/mol. The topological polar surface area (TPSA) is 89.9 Å². The molecule has 0 saturated carbocycles. The molecule has 3 rings (SSSR count). The van der Waals surface area contributed by atoms with E-state index >= 15 is 0 Å². The van der Waals surface area contributed by atoms with Crippen LogP contribution in [-0.2, 0) is 6.42 Å². The van der Waals surface area contributed by atoms with Crippen LogP contribution in [0.15, 0.2) is 53.6 Å². The molecule has 0 saturated heterocycles. The van der Waals surface area contributed by atoms with Crippen molar-refractivity contribution in [3.8, 4) is 6.07 Å². The van der Waals surface area contributed by atoms with E-state index in [2.05, 4.69) is 16.0 Å². The van der Waals surface area contributed by atoms with Crippen molar-refractivity contribution in [3.63, 3.8) is 0 Å². The van der Waals surface area contributed by atoms with Gasteiger partial charge in [-0.1, -0.05) is 31.2 Å². The lowest BCUT2D eigenvalue weighted by Crippen LogP contribution is -2.27. The van der Waals surface area contributed by atoms with Crippen LogP contribution < -0.4 is 10.5 Å². The van der Waals surface area contributed by atoms with E-state index in [9.17, 15) is 14.9 Å². The van der Waals surface area contributed by atoms with Crippen LogP contribution in [0.25, 0.3) is 11.6 Å². The second-order valence-electron chi connectivity index (χ2n) is 7.40. The molecule has 0 aliphatic rings. The van der Waals surface area contributed by atoms with E-state index in [4.69, 9.17) is 0 Å². The fourth-order valence-corrected chi connectivity index (χ4v) is 3.65. The number of H-pyrrole nitrogens is 1. The summed E-state index contributed by atoms with van der Waals surface area (Å²) in [7, 11) is 3.50. The third kappa shape index (κ3) is 4.46. The maximum Gasteiger partial charge on any atom is 0.272 e. The van der Waals surface area contributed by atoms with Crippen molar-refractivity contribution in [2.45, 2.75) is 20.3 Å². The minimum absolute atomic E-state index is 0.218. The number of benzene rings is 1. The summed E-state index contributed by atoms with van der Waals surface area (Å²) in [5.41, 5.74) is 4.33. The summed E-state index contributed by atoms with van der Waals surface area (Å²) in [4.78, 5) is 34.8. The van der Waals surface area contributed by atoms with E-state index in [-0.39, 0.29) is 11.3 Å². The zero-order chi connectivity index (χ0) is 22.5. The summed E-state index contributed by atoms with van der Waals surface area (Å²) in [5, 5.41) is 9.57. The minimum Gasteiger partial charge on any atom is -0.373 e. The Hall–Kier alpha value is -3.98. The number of pyridine rings is 2. The molecule has 2 heterocycles. The second-order valence-corrected chi connectivity index (χ2v) is 7.40. The van der Waals surface area contributed by atoms with E-state index in [0.717, 1.165) is 11.1 Å². The van der Waals surface area contributed by atoms with E-state index in [1.54, 1.807) is 61.7 Å². The Morgan fingerprint density at radius 2 is 1.97 bits per heavy atom. The van der Waals surface area contributed by atoms with Crippen LogP contribution in [0.5, 0.6) is 0 Å². The van der Waals surface area contributed by atoms with Crippen molar-refractivity contribution in [1.82, 2.24) is 9.97 Å². The van der Waals surface area contributed by atoms with Crippen LogP contribution >= 0.6 is 0 Å². The summed E-state index contributed by atoms with van der Waals surface area (Å²) in [6.07, 6.45) is 5.61. The first-order valence-electron chi connectivity index (χ1n) is 9.97. The average molecular weight is 412 g/mol. The van der Waals surface area contributed by atoms with E-state index in [1.165, 1.54) is 0 Å². The van der Waals surface area contributed by atoms with Gasteiger partial charge >= 0.3 is 0 Å². The lowest BCUT2D eigenvalue weighted by atomic mass is 9.93. The number of ketones is 1. The van der Waals surface area contributed by atoms with Gasteiger partial charge in [0.05, 0.1) is 17.2 Å². The van der Waals surface area contributed by atoms with Crippen LogP contribution in [0.4, 0.5) is 5.69 Å². The predicted molar refractivity (Wildman–Crippen MR) is 123 cm³/mol. The maximum atomic E-state index is 13.6. The maximum absolute atomic E-state index is 13.6. The van der Waals surface area contributed by atoms with Gasteiger partial charge in [0.15, 0.2) is 5.78 Å². The van der Waals surface area contributed by atoms with Gasteiger partial charge < -0.3 is 9.88 Å². The molecule has 0 aliphatic heterocycles. The number of nitrogens with zero attached hydrogens (tertiary/aromatic N) is 3. The Labute approximate surface area is 181 Å². The predicted octanol–water partition coefficient (Wildman–Crippen LogP) is 4.00. The van der Waals surface area contributed by atoms with Gasteiger partial charge in [-0.15, -0.1) is 0 Å². The average Bonchev–Trinajstić information content (AvgIpc) is 2.77. The zero-order valence-corrected chi connectivity index (χ0v) is 18.1. The van der Waals surface area contributed by atoms with Crippen molar-refractivity contribution in [2.75, 3.05) is 19.0 Å². The minimum atomic E-state index is -0.289. The number of nitriles is 1. The van der Waals surface area contributed by atoms with E-state index < -0.39 is 0 Å². The first kappa shape index (κ1) is 21.7. The number of rotatable bonds is 6. The molecule has 0 unspecified atom stereocenters. The number of aryl methyl sites for hydroxylation is 1. The molecule has 156 valence electrons. The van der Waals surface area contributed by atoms with Gasteiger partial charge in [-0.05, 0) is 42.7 Å². The number of nitrogens with one attached hydrogen (secondary N) is 1. The van der Waals surface area contributed by atoms with Gasteiger partial charge in [-0.25, -0.2) is 0 Å². The van der Waals surface area contributed by atoms with Crippen molar-refractivity contribution in [1.29, 1.82) is 5.26 Å². The first-order valence-corrected chi connectivity index (χ1v) is 9.97. The van der Waals surface area contributed by atoms with Crippen LogP contribution in [0, 0.1) is 18.3 Å². The molecule has 0 fully saturated rings. The second kappa shape index (κ2) is 9.23. The first-order chi connectivity index (χ1) is 14.9. The highest BCUT2D eigenvalue weighted by atomic mass is 16.1. The number of carbonyl (C=O) groups is 1. The van der Waals surface area contributed by atoms with Gasteiger partial charge in [0.25, 0.3) is 5.56 Å². The fraction of sp³-hybridized carbons (Fsp3) is 0.200. The van der Waals surface area contributed by atoms with Gasteiger partial charge in [0, 0.05) is 43.3 Å². The molecule has 0 amide bonds. The Balaban J connectivity index is 2.13. The monoisotopic (exact) mass is 412 g/mol. The van der Waals surface area contributed by atoms with Gasteiger partial charge in [0.2, 0.25) is 0 Å². The van der Waals surface area contributed by atoms with Gasteiger partial charge in [-0.2, -0.15) is 5.26 Å². The van der Waals surface area contributed by atoms with Crippen LogP contribution in [0.2, 0.25) is 0 Å². The van der Waals surface area contributed by atoms with E-state index in [1.807, 2.05) is 26.0 Å². The van der Waals surface area contributed by atoms with Crippen LogP contribution in [0.1, 0.15) is 45.2 Å². The largest absolute Gasteiger partial charge is 0.373 e. The smallest absolute Gasteiger partial charge is 0.272 e. The fourth-order valence-electron chi connectivity index (χ4n) is 3.65. The van der Waals surface area contributed by atoms with Crippen LogP contribution in [-0.4, -0.2) is 29.8 Å². The molecule has 2 aromatic heterocycles. The molecule has 1 N–H and O–H groups in total. The van der Waals surface area contributed by atoms with Crippen molar-refractivity contribution in [2.24, 2.45) is 0 Å². The van der Waals surface area contributed by atoms with Gasteiger partial charge in [-0.3, -0.25) is 14.6 Å². The van der Waals surface area contributed by atoms with Crippen molar-refractivity contribution < 1.29 is 4.79 Å². The Morgan fingerprint density at radius 1 is 1.23 bits per heavy atom. The highest BCUT2D eigenvalue weighted by Gasteiger charge is 2.23. The Kier molecular flexibility index (Phi) is 6.46. The Morgan fingerprint density at radius 3 is 2.58 bits per heavy atom. The lowest BCUT2D eigenvalue weighted by molar-refractivity contribution is 0.103. The number of carbonyl (C=O) groups excluding carboxylic acids is 1. The molecule has 6 nitrogen and oxygen atoms in total. The highest BCUT2D eigenvalue weighted by molar-refractivity contribution is 6.13. The number of anilines is 1. The number of aromatic amines is 1. The summed E-state index contributed by atoms with van der Waals surface area (Å²) < 4.78 is 0. The number of hydrogen-bond acceptors (Lipinski definition) is 5. The van der Waals surface area contributed by atoms with Crippen LogP contribution in [0.3, 0.4) is 0 Å². The Bertz CT molecular complexity index is 1250. The molecule has 1 aromatic carbocycles. The SMILES string of the molecule is CCc1c(C)[nH]c(=O)c(N(C)C)c1C(=O)c1cccc(/C=C(\C#N)c2cccnc2)c1. The summed E-state index contributed by atoms with van der Waals surface area (Å²) in [6, 6.07) is 12.8. The molecule has 0 bridgehead atoms. The summed E-state index contributed by atoms with van der Waals surface area (Å²) in [5.74, 6) is -0.218. The zero-order valence-electron chi connectivity index (χ0n) is 18.1. The molecule has 0 spiro atoms. The molecule has 31 heavy (non-hydrogen) atoms. The standard InChI is InChI=1S/C25H24N4O2/c1-5-21-16(2)28-25(31)23(29(3)4)22(21)24(30)18-9-6-8-17(12-18)13-20(14-26)19-10-7-11-27-15-19/h6-13,15H,5H2,1-4H3,(H,28,31)/b20-13+. The van der Waals surface area contributed by atoms with Crippen molar-refractivity contribution >= 4 is 23.1 Å². The third-order valence-corrected chi connectivity index (χ3v) is 5.09.